The second kappa shape index (κ2) is 4.35. The molecule has 0 atom stereocenters. The molecular formula is C12H10F2N2. The smallest absolute Gasteiger partial charge is 0.144 e. The van der Waals surface area contributed by atoms with E-state index in [-0.39, 0.29) is 11.6 Å². The fourth-order valence-electron chi connectivity index (χ4n) is 1.40. The number of aryl methyl sites for hydroxylation is 1. The maximum atomic E-state index is 13.2. The van der Waals surface area contributed by atoms with Gasteiger partial charge in [-0.2, -0.15) is 0 Å². The summed E-state index contributed by atoms with van der Waals surface area (Å²) in [6, 6.07) is 4.00. The van der Waals surface area contributed by atoms with Crippen LogP contribution < -0.4 is 0 Å². The van der Waals surface area contributed by atoms with Gasteiger partial charge in [-0.3, -0.25) is 9.97 Å². The van der Waals surface area contributed by atoms with E-state index in [9.17, 15) is 8.78 Å². The van der Waals surface area contributed by atoms with Crippen molar-refractivity contribution in [2.24, 2.45) is 0 Å². The number of hydrogen-bond donors (Lipinski definition) is 0. The van der Waals surface area contributed by atoms with Crippen LogP contribution in [0, 0.1) is 18.6 Å². The predicted molar refractivity (Wildman–Crippen MR) is 55.9 cm³/mol. The monoisotopic (exact) mass is 220 g/mol. The Labute approximate surface area is 92.0 Å². The van der Waals surface area contributed by atoms with Crippen molar-refractivity contribution < 1.29 is 8.78 Å². The van der Waals surface area contributed by atoms with Crippen molar-refractivity contribution in [3.63, 3.8) is 0 Å². The van der Waals surface area contributed by atoms with Gasteiger partial charge < -0.3 is 0 Å². The first-order chi connectivity index (χ1) is 7.65. The van der Waals surface area contributed by atoms with E-state index in [1.807, 2.05) is 0 Å². The molecule has 2 aromatic rings. The van der Waals surface area contributed by atoms with Crippen LogP contribution in [0.3, 0.4) is 0 Å². The lowest BCUT2D eigenvalue weighted by Crippen LogP contribution is -1.96. The highest BCUT2D eigenvalue weighted by molar-refractivity contribution is 5.21. The van der Waals surface area contributed by atoms with Gasteiger partial charge in [0.2, 0.25) is 0 Å². The topological polar surface area (TPSA) is 25.8 Å². The van der Waals surface area contributed by atoms with Gasteiger partial charge >= 0.3 is 0 Å². The second-order valence-electron chi connectivity index (χ2n) is 3.55. The summed E-state index contributed by atoms with van der Waals surface area (Å²) in [7, 11) is 0. The molecule has 4 heteroatoms. The lowest BCUT2D eigenvalue weighted by molar-refractivity contribution is 0.607. The third-order valence-electron chi connectivity index (χ3n) is 2.25. The summed E-state index contributed by atoms with van der Waals surface area (Å²) < 4.78 is 26.1. The second-order valence-corrected chi connectivity index (χ2v) is 3.55. The summed E-state index contributed by atoms with van der Waals surface area (Å²) in [5, 5.41) is 0. The molecule has 0 aliphatic carbocycles. The first kappa shape index (κ1) is 10.7. The van der Waals surface area contributed by atoms with Crippen LogP contribution in [-0.4, -0.2) is 9.97 Å². The SMILES string of the molecule is Cc1ncc(Cc2cc(F)ccn2)cc1F. The van der Waals surface area contributed by atoms with Crippen LogP contribution in [0.4, 0.5) is 8.78 Å². The molecule has 2 aromatic heterocycles. The number of halogens is 2. The molecule has 0 saturated heterocycles. The van der Waals surface area contributed by atoms with Gasteiger partial charge in [0.25, 0.3) is 0 Å². The molecule has 82 valence electrons. The third kappa shape index (κ3) is 2.39. The van der Waals surface area contributed by atoms with E-state index in [1.54, 1.807) is 13.1 Å². The summed E-state index contributed by atoms with van der Waals surface area (Å²) in [6.45, 7) is 1.60. The average molecular weight is 220 g/mol. The molecule has 0 aromatic carbocycles. The number of hydrogen-bond acceptors (Lipinski definition) is 2. The fourth-order valence-corrected chi connectivity index (χ4v) is 1.40. The largest absolute Gasteiger partial charge is 0.261 e. The minimum atomic E-state index is -0.353. The molecule has 0 aliphatic heterocycles. The molecule has 0 N–H and O–H groups in total. The van der Waals surface area contributed by atoms with E-state index in [0.717, 1.165) is 0 Å². The summed E-state index contributed by atoms with van der Waals surface area (Å²) in [4.78, 5) is 7.90. The lowest BCUT2D eigenvalue weighted by atomic mass is 10.1. The Hall–Kier alpha value is -1.84. The molecule has 0 bridgehead atoms. The van der Waals surface area contributed by atoms with Crippen molar-refractivity contribution >= 4 is 0 Å². The van der Waals surface area contributed by atoms with Crippen molar-refractivity contribution in [2.75, 3.05) is 0 Å². The third-order valence-corrected chi connectivity index (χ3v) is 2.25. The minimum absolute atomic E-state index is 0.342. The molecular weight excluding hydrogens is 210 g/mol. The Balaban J connectivity index is 2.24. The maximum absolute atomic E-state index is 13.2. The number of pyridine rings is 2. The zero-order valence-corrected chi connectivity index (χ0v) is 8.74. The lowest BCUT2D eigenvalue weighted by Gasteiger charge is -2.02. The molecule has 0 aliphatic rings. The van der Waals surface area contributed by atoms with E-state index < -0.39 is 0 Å². The van der Waals surface area contributed by atoms with Gasteiger partial charge in [-0.15, -0.1) is 0 Å². The van der Waals surface area contributed by atoms with Crippen molar-refractivity contribution in [3.05, 3.63) is 59.2 Å². The first-order valence-corrected chi connectivity index (χ1v) is 4.86. The standard InChI is InChI=1S/C12H10F2N2/c1-8-12(14)5-9(7-16-8)4-11-6-10(13)2-3-15-11/h2-3,5-7H,4H2,1H3. The van der Waals surface area contributed by atoms with Gasteiger partial charge in [0, 0.05) is 24.5 Å². The van der Waals surface area contributed by atoms with Gasteiger partial charge in [-0.1, -0.05) is 0 Å². The van der Waals surface area contributed by atoms with Crippen LogP contribution >= 0.6 is 0 Å². The Morgan fingerprint density at radius 2 is 2.00 bits per heavy atom. The van der Waals surface area contributed by atoms with Crippen molar-refractivity contribution in [2.45, 2.75) is 13.3 Å². The highest BCUT2D eigenvalue weighted by Crippen LogP contribution is 2.10. The Morgan fingerprint density at radius 1 is 1.19 bits per heavy atom. The molecule has 0 fully saturated rings. The van der Waals surface area contributed by atoms with Gasteiger partial charge in [0.15, 0.2) is 0 Å². The molecule has 0 spiro atoms. The predicted octanol–water partition coefficient (Wildman–Crippen LogP) is 2.65. The zero-order chi connectivity index (χ0) is 11.5. The molecule has 2 rings (SSSR count). The quantitative estimate of drug-likeness (QED) is 0.777. The van der Waals surface area contributed by atoms with Gasteiger partial charge in [0.1, 0.15) is 11.6 Å². The summed E-state index contributed by atoms with van der Waals surface area (Å²) >= 11 is 0. The van der Waals surface area contributed by atoms with Crippen LogP contribution in [0.5, 0.6) is 0 Å². The molecule has 2 nitrogen and oxygen atoms in total. The highest BCUT2D eigenvalue weighted by atomic mass is 19.1. The summed E-state index contributed by atoms with van der Waals surface area (Å²) in [5.41, 5.74) is 1.60. The van der Waals surface area contributed by atoms with Gasteiger partial charge in [-0.25, -0.2) is 8.78 Å². The summed E-state index contributed by atoms with van der Waals surface area (Å²) in [5.74, 6) is -0.695. The Kier molecular flexibility index (Phi) is 2.90. The van der Waals surface area contributed by atoms with Crippen LogP contribution in [-0.2, 0) is 6.42 Å². The molecule has 0 amide bonds. The van der Waals surface area contributed by atoms with Crippen LogP contribution in [0.15, 0.2) is 30.6 Å². The summed E-state index contributed by atoms with van der Waals surface area (Å²) in [6.07, 6.45) is 3.34. The molecule has 16 heavy (non-hydrogen) atoms. The van der Waals surface area contributed by atoms with E-state index >= 15 is 0 Å². The molecule has 2 heterocycles. The van der Waals surface area contributed by atoms with Crippen molar-refractivity contribution in [3.8, 4) is 0 Å². The fraction of sp³-hybridized carbons (Fsp3) is 0.167. The number of nitrogens with zero attached hydrogens (tertiary/aromatic N) is 2. The van der Waals surface area contributed by atoms with Crippen LogP contribution in [0.25, 0.3) is 0 Å². The Morgan fingerprint density at radius 3 is 2.69 bits per heavy atom. The van der Waals surface area contributed by atoms with E-state index in [4.69, 9.17) is 0 Å². The first-order valence-electron chi connectivity index (χ1n) is 4.86. The highest BCUT2D eigenvalue weighted by Gasteiger charge is 2.03. The molecule has 0 saturated carbocycles. The molecule has 0 radical (unpaired) electrons. The van der Waals surface area contributed by atoms with Crippen molar-refractivity contribution in [1.82, 2.24) is 9.97 Å². The minimum Gasteiger partial charge on any atom is -0.261 e. The normalized spacial score (nSPS) is 10.4. The maximum Gasteiger partial charge on any atom is 0.144 e. The van der Waals surface area contributed by atoms with Gasteiger partial charge in [0.05, 0.1) is 5.69 Å². The number of aromatic nitrogens is 2. The van der Waals surface area contributed by atoms with Gasteiger partial charge in [-0.05, 0) is 30.7 Å². The number of rotatable bonds is 2. The van der Waals surface area contributed by atoms with E-state index in [1.165, 1.54) is 24.4 Å². The zero-order valence-electron chi connectivity index (χ0n) is 8.74. The van der Waals surface area contributed by atoms with Crippen LogP contribution in [0.1, 0.15) is 17.0 Å². The average Bonchev–Trinajstić information content (AvgIpc) is 2.24. The van der Waals surface area contributed by atoms with E-state index in [2.05, 4.69) is 9.97 Å². The van der Waals surface area contributed by atoms with Crippen LogP contribution in [0.2, 0.25) is 0 Å². The van der Waals surface area contributed by atoms with E-state index in [0.29, 0.717) is 23.4 Å². The molecule has 0 unspecified atom stereocenters. The Bertz CT molecular complexity index is 512. The van der Waals surface area contributed by atoms with Crippen molar-refractivity contribution in [1.29, 1.82) is 0 Å².